The number of benzene rings is 1. The van der Waals surface area contributed by atoms with E-state index in [0.717, 1.165) is 17.7 Å². The fourth-order valence-electron chi connectivity index (χ4n) is 2.88. The summed E-state index contributed by atoms with van der Waals surface area (Å²) in [5, 5.41) is 1.06. The highest BCUT2D eigenvalue weighted by atomic mass is 79.9. The smallest absolute Gasteiger partial charge is 0.123 e. The van der Waals surface area contributed by atoms with Gasteiger partial charge in [-0.3, -0.25) is 0 Å². The number of rotatable bonds is 4. The average molecular weight is 299 g/mol. The molecule has 1 aromatic rings. The molecule has 1 aliphatic carbocycles. The van der Waals surface area contributed by atoms with E-state index in [2.05, 4.69) is 15.9 Å². The van der Waals surface area contributed by atoms with Crippen molar-refractivity contribution >= 4 is 15.9 Å². The van der Waals surface area contributed by atoms with Crippen LogP contribution in [0.1, 0.15) is 37.7 Å². The second-order valence-corrected chi connectivity index (χ2v) is 5.79. The van der Waals surface area contributed by atoms with Crippen molar-refractivity contribution in [1.82, 2.24) is 0 Å². The Morgan fingerprint density at radius 3 is 2.35 bits per heavy atom. The van der Waals surface area contributed by atoms with Gasteiger partial charge in [0, 0.05) is 5.33 Å². The van der Waals surface area contributed by atoms with Crippen molar-refractivity contribution < 1.29 is 4.39 Å². The van der Waals surface area contributed by atoms with Crippen LogP contribution in [0, 0.1) is 17.7 Å². The van der Waals surface area contributed by atoms with Gasteiger partial charge in [0.1, 0.15) is 5.82 Å². The Kier molecular flexibility index (Phi) is 5.02. The van der Waals surface area contributed by atoms with Crippen molar-refractivity contribution in [2.45, 2.75) is 38.5 Å². The molecule has 2 heteroatoms. The molecule has 17 heavy (non-hydrogen) atoms. The lowest BCUT2D eigenvalue weighted by Gasteiger charge is -2.29. The van der Waals surface area contributed by atoms with Crippen LogP contribution in [0.5, 0.6) is 0 Å². The van der Waals surface area contributed by atoms with Crippen LogP contribution in [-0.2, 0) is 6.42 Å². The third-order valence-electron chi connectivity index (χ3n) is 3.93. The zero-order valence-corrected chi connectivity index (χ0v) is 11.8. The number of hydrogen-bond acceptors (Lipinski definition) is 0. The minimum absolute atomic E-state index is 0.137. The molecule has 1 saturated carbocycles. The van der Waals surface area contributed by atoms with Crippen molar-refractivity contribution in [3.8, 4) is 0 Å². The van der Waals surface area contributed by atoms with E-state index in [9.17, 15) is 4.39 Å². The summed E-state index contributed by atoms with van der Waals surface area (Å²) in [6.07, 6.45) is 8.00. The first kappa shape index (κ1) is 13.1. The van der Waals surface area contributed by atoms with Crippen molar-refractivity contribution in [1.29, 1.82) is 0 Å². The zero-order valence-electron chi connectivity index (χ0n) is 10.2. The Hall–Kier alpha value is -0.370. The summed E-state index contributed by atoms with van der Waals surface area (Å²) in [6, 6.07) is 6.99. The Labute approximate surface area is 112 Å². The molecule has 0 bridgehead atoms. The summed E-state index contributed by atoms with van der Waals surface area (Å²) >= 11 is 3.65. The van der Waals surface area contributed by atoms with Gasteiger partial charge >= 0.3 is 0 Å². The van der Waals surface area contributed by atoms with Crippen LogP contribution in [0.2, 0.25) is 0 Å². The molecule has 2 rings (SSSR count). The van der Waals surface area contributed by atoms with Crippen LogP contribution in [0.3, 0.4) is 0 Å². The van der Waals surface area contributed by atoms with Gasteiger partial charge in [0.2, 0.25) is 0 Å². The minimum Gasteiger partial charge on any atom is -0.207 e. The maximum Gasteiger partial charge on any atom is 0.123 e. The second-order valence-electron chi connectivity index (χ2n) is 5.14. The first-order valence-electron chi connectivity index (χ1n) is 6.60. The molecule has 1 atom stereocenters. The molecule has 0 spiro atoms. The first-order valence-corrected chi connectivity index (χ1v) is 7.72. The molecule has 1 aromatic carbocycles. The summed E-state index contributed by atoms with van der Waals surface area (Å²) in [4.78, 5) is 0. The maximum absolute atomic E-state index is 12.9. The molecule has 0 aromatic heterocycles. The van der Waals surface area contributed by atoms with E-state index < -0.39 is 0 Å². The Bertz CT molecular complexity index is 327. The summed E-state index contributed by atoms with van der Waals surface area (Å²) in [5.74, 6) is 1.43. The predicted octanol–water partition coefficient (Wildman–Crippen LogP) is 4.96. The van der Waals surface area contributed by atoms with E-state index in [1.165, 1.54) is 37.7 Å². The highest BCUT2D eigenvalue weighted by molar-refractivity contribution is 9.09. The fraction of sp³-hybridized carbons (Fsp3) is 0.600. The average Bonchev–Trinajstić information content (AvgIpc) is 2.39. The van der Waals surface area contributed by atoms with Crippen molar-refractivity contribution in [2.24, 2.45) is 11.8 Å². The molecule has 0 nitrogen and oxygen atoms in total. The maximum atomic E-state index is 12.9. The van der Waals surface area contributed by atoms with Crippen LogP contribution < -0.4 is 0 Å². The highest BCUT2D eigenvalue weighted by Crippen LogP contribution is 2.32. The van der Waals surface area contributed by atoms with E-state index in [1.54, 1.807) is 12.1 Å². The molecule has 1 fully saturated rings. The lowest BCUT2D eigenvalue weighted by Crippen LogP contribution is -2.21. The topological polar surface area (TPSA) is 0 Å². The molecule has 0 amide bonds. The van der Waals surface area contributed by atoms with Gasteiger partial charge in [0.25, 0.3) is 0 Å². The van der Waals surface area contributed by atoms with Crippen LogP contribution in [0.25, 0.3) is 0 Å². The molecule has 0 heterocycles. The second kappa shape index (κ2) is 6.53. The summed E-state index contributed by atoms with van der Waals surface area (Å²) < 4.78 is 12.9. The normalized spacial score (nSPS) is 19.2. The first-order chi connectivity index (χ1) is 8.29. The van der Waals surface area contributed by atoms with Gasteiger partial charge < -0.3 is 0 Å². The third-order valence-corrected chi connectivity index (χ3v) is 4.76. The van der Waals surface area contributed by atoms with Crippen LogP contribution in [0.15, 0.2) is 24.3 Å². The van der Waals surface area contributed by atoms with Crippen LogP contribution in [0.4, 0.5) is 4.39 Å². The van der Waals surface area contributed by atoms with Gasteiger partial charge in [-0.2, -0.15) is 0 Å². The lowest BCUT2D eigenvalue weighted by atomic mass is 9.78. The van der Waals surface area contributed by atoms with E-state index in [-0.39, 0.29) is 5.82 Å². The predicted molar refractivity (Wildman–Crippen MR) is 74.0 cm³/mol. The molecule has 0 saturated heterocycles. The lowest BCUT2D eigenvalue weighted by molar-refractivity contribution is 0.267. The van der Waals surface area contributed by atoms with Crippen molar-refractivity contribution in [2.75, 3.05) is 5.33 Å². The molecular formula is C15H20BrF. The van der Waals surface area contributed by atoms with Crippen molar-refractivity contribution in [3.63, 3.8) is 0 Å². The van der Waals surface area contributed by atoms with Gasteiger partial charge in [0.05, 0.1) is 0 Å². The molecule has 94 valence electrons. The highest BCUT2D eigenvalue weighted by Gasteiger charge is 2.22. The molecular weight excluding hydrogens is 279 g/mol. The SMILES string of the molecule is Fc1ccc(CC(CBr)C2CCCCC2)cc1. The van der Waals surface area contributed by atoms with Gasteiger partial charge in [-0.05, 0) is 36.0 Å². The number of alkyl halides is 1. The summed E-state index contributed by atoms with van der Waals surface area (Å²) in [7, 11) is 0. The molecule has 0 N–H and O–H groups in total. The summed E-state index contributed by atoms with van der Waals surface area (Å²) in [5.41, 5.74) is 1.27. The van der Waals surface area contributed by atoms with E-state index in [0.29, 0.717) is 5.92 Å². The van der Waals surface area contributed by atoms with Gasteiger partial charge in [-0.15, -0.1) is 0 Å². The van der Waals surface area contributed by atoms with E-state index in [1.807, 2.05) is 12.1 Å². The van der Waals surface area contributed by atoms with Crippen LogP contribution >= 0.6 is 15.9 Å². The largest absolute Gasteiger partial charge is 0.207 e. The fourth-order valence-corrected chi connectivity index (χ4v) is 3.63. The Morgan fingerprint density at radius 2 is 1.76 bits per heavy atom. The standard InChI is InChI=1S/C15H20BrF/c16-11-14(13-4-2-1-3-5-13)10-12-6-8-15(17)9-7-12/h6-9,13-14H,1-5,10-11H2. The number of hydrogen-bond donors (Lipinski definition) is 0. The molecule has 1 aliphatic rings. The summed E-state index contributed by atoms with van der Waals surface area (Å²) in [6.45, 7) is 0. The van der Waals surface area contributed by atoms with Crippen LogP contribution in [-0.4, -0.2) is 5.33 Å². The van der Waals surface area contributed by atoms with E-state index in [4.69, 9.17) is 0 Å². The van der Waals surface area contributed by atoms with Gasteiger partial charge in [-0.25, -0.2) is 4.39 Å². The minimum atomic E-state index is -0.137. The van der Waals surface area contributed by atoms with Gasteiger partial charge in [0.15, 0.2) is 0 Å². The Morgan fingerprint density at radius 1 is 1.12 bits per heavy atom. The molecule has 1 unspecified atom stereocenters. The molecule has 0 radical (unpaired) electrons. The van der Waals surface area contributed by atoms with E-state index >= 15 is 0 Å². The monoisotopic (exact) mass is 298 g/mol. The molecule has 0 aliphatic heterocycles. The van der Waals surface area contributed by atoms with Gasteiger partial charge in [-0.1, -0.05) is 60.2 Å². The number of halogens is 2. The van der Waals surface area contributed by atoms with Crippen molar-refractivity contribution in [3.05, 3.63) is 35.6 Å². The third kappa shape index (κ3) is 3.80. The Balaban J connectivity index is 1.96. The zero-order chi connectivity index (χ0) is 12.1. The quantitative estimate of drug-likeness (QED) is 0.689.